The Hall–Kier alpha value is -1.75. The van der Waals surface area contributed by atoms with Gasteiger partial charge in [-0.25, -0.2) is 4.98 Å². The van der Waals surface area contributed by atoms with E-state index in [0.29, 0.717) is 10.5 Å². The zero-order chi connectivity index (χ0) is 10.7. The highest BCUT2D eigenvalue weighted by Crippen LogP contribution is 2.17. The van der Waals surface area contributed by atoms with Gasteiger partial charge in [-0.2, -0.15) is 0 Å². The van der Waals surface area contributed by atoms with Crippen LogP contribution in [-0.4, -0.2) is 22.1 Å². The van der Waals surface area contributed by atoms with Gasteiger partial charge in [-0.05, 0) is 6.07 Å². The molecular formula is C10H9N3OS. The van der Waals surface area contributed by atoms with E-state index in [2.05, 4.69) is 15.0 Å². The molecule has 2 aromatic rings. The molecular weight excluding hydrogens is 210 g/mol. The average Bonchev–Trinajstić information content (AvgIpc) is 2.30. The smallest absolute Gasteiger partial charge is 0.212 e. The molecule has 0 aliphatic carbocycles. The van der Waals surface area contributed by atoms with E-state index in [4.69, 9.17) is 17.0 Å². The maximum absolute atomic E-state index is 5.12. The lowest BCUT2D eigenvalue weighted by molar-refractivity contribution is 0.398. The lowest BCUT2D eigenvalue weighted by Gasteiger charge is -2.01. The molecule has 76 valence electrons. The minimum Gasteiger partial charge on any atom is -0.481 e. The minimum absolute atomic E-state index is 0.574. The first kappa shape index (κ1) is 9.79. The number of aromatic amines is 1. The zero-order valence-corrected chi connectivity index (χ0v) is 8.91. The van der Waals surface area contributed by atoms with Crippen molar-refractivity contribution in [2.24, 2.45) is 0 Å². The quantitative estimate of drug-likeness (QED) is 0.787. The second-order valence-corrected chi connectivity index (χ2v) is 3.26. The second-order valence-electron chi connectivity index (χ2n) is 2.86. The van der Waals surface area contributed by atoms with E-state index < -0.39 is 0 Å². The standard InChI is InChI=1S/C10H9N3OS/c1-14-8-3-2-7(6-13-8)9-10(15)12-5-4-11-9/h2-6H,1H3,(H,12,15). The Morgan fingerprint density at radius 3 is 2.80 bits per heavy atom. The Balaban J connectivity index is 2.46. The first-order valence-corrected chi connectivity index (χ1v) is 4.76. The SMILES string of the molecule is COc1ccc(-c2ncc[nH]c2=S)cn1. The summed E-state index contributed by atoms with van der Waals surface area (Å²) in [6.07, 6.45) is 5.04. The number of nitrogens with one attached hydrogen (secondary N) is 1. The zero-order valence-electron chi connectivity index (χ0n) is 8.10. The summed E-state index contributed by atoms with van der Waals surface area (Å²) < 4.78 is 5.57. The molecule has 0 aliphatic heterocycles. The molecule has 0 spiro atoms. The Kier molecular flexibility index (Phi) is 2.73. The second kappa shape index (κ2) is 4.18. The van der Waals surface area contributed by atoms with E-state index in [0.717, 1.165) is 11.3 Å². The summed E-state index contributed by atoms with van der Waals surface area (Å²) in [7, 11) is 1.58. The number of hydrogen-bond donors (Lipinski definition) is 1. The predicted octanol–water partition coefficient (Wildman–Crippen LogP) is 2.21. The number of rotatable bonds is 2. The third kappa shape index (κ3) is 2.02. The third-order valence-corrected chi connectivity index (χ3v) is 2.24. The molecule has 0 aromatic carbocycles. The predicted molar refractivity (Wildman–Crippen MR) is 59.2 cm³/mol. The lowest BCUT2D eigenvalue weighted by atomic mass is 10.2. The summed E-state index contributed by atoms with van der Waals surface area (Å²) in [5.74, 6) is 0.574. The van der Waals surface area contributed by atoms with Crippen LogP contribution in [0.1, 0.15) is 0 Å². The first-order chi connectivity index (χ1) is 7.31. The third-order valence-electron chi connectivity index (χ3n) is 1.93. The van der Waals surface area contributed by atoms with Crippen LogP contribution in [0.25, 0.3) is 11.3 Å². The van der Waals surface area contributed by atoms with Crippen LogP contribution in [-0.2, 0) is 0 Å². The van der Waals surface area contributed by atoms with Gasteiger partial charge in [0.1, 0.15) is 10.3 Å². The van der Waals surface area contributed by atoms with Crippen LogP contribution >= 0.6 is 12.2 Å². The van der Waals surface area contributed by atoms with Crippen LogP contribution in [0.5, 0.6) is 5.88 Å². The van der Waals surface area contributed by atoms with E-state index in [1.807, 2.05) is 6.07 Å². The van der Waals surface area contributed by atoms with Crippen molar-refractivity contribution in [3.63, 3.8) is 0 Å². The van der Waals surface area contributed by atoms with Crippen LogP contribution in [0, 0.1) is 4.64 Å². The summed E-state index contributed by atoms with van der Waals surface area (Å²) in [6.45, 7) is 0. The molecule has 0 saturated heterocycles. The topological polar surface area (TPSA) is 50.8 Å². The van der Waals surface area contributed by atoms with Gasteiger partial charge in [0.15, 0.2) is 0 Å². The van der Waals surface area contributed by atoms with E-state index in [9.17, 15) is 0 Å². The minimum atomic E-state index is 0.574. The molecule has 0 amide bonds. The van der Waals surface area contributed by atoms with E-state index in [-0.39, 0.29) is 0 Å². The van der Waals surface area contributed by atoms with Crippen LogP contribution < -0.4 is 4.74 Å². The fourth-order valence-corrected chi connectivity index (χ4v) is 1.44. The Bertz CT molecular complexity index is 507. The Morgan fingerprint density at radius 2 is 2.20 bits per heavy atom. The molecule has 0 bridgehead atoms. The normalized spacial score (nSPS) is 9.93. The number of methoxy groups -OCH3 is 1. The van der Waals surface area contributed by atoms with E-state index in [1.54, 1.807) is 31.8 Å². The largest absolute Gasteiger partial charge is 0.481 e. The van der Waals surface area contributed by atoms with E-state index >= 15 is 0 Å². The van der Waals surface area contributed by atoms with Crippen molar-refractivity contribution in [3.05, 3.63) is 35.4 Å². The summed E-state index contributed by atoms with van der Waals surface area (Å²) in [5.41, 5.74) is 1.60. The highest BCUT2D eigenvalue weighted by molar-refractivity contribution is 7.71. The molecule has 2 heterocycles. The summed E-state index contributed by atoms with van der Waals surface area (Å²) in [5, 5.41) is 0. The first-order valence-electron chi connectivity index (χ1n) is 4.35. The van der Waals surface area contributed by atoms with Crippen LogP contribution in [0.4, 0.5) is 0 Å². The van der Waals surface area contributed by atoms with Crippen molar-refractivity contribution in [2.45, 2.75) is 0 Å². The Morgan fingerprint density at radius 1 is 1.33 bits per heavy atom. The highest BCUT2D eigenvalue weighted by atomic mass is 32.1. The molecule has 5 heteroatoms. The van der Waals surface area contributed by atoms with Crippen LogP contribution in [0.3, 0.4) is 0 Å². The number of nitrogens with zero attached hydrogens (tertiary/aromatic N) is 2. The monoisotopic (exact) mass is 219 g/mol. The number of ether oxygens (including phenoxy) is 1. The van der Waals surface area contributed by atoms with Gasteiger partial charge in [0, 0.05) is 30.2 Å². The van der Waals surface area contributed by atoms with Crippen molar-refractivity contribution in [1.29, 1.82) is 0 Å². The fourth-order valence-electron chi connectivity index (χ4n) is 1.20. The summed E-state index contributed by atoms with van der Waals surface area (Å²) in [6, 6.07) is 3.65. The van der Waals surface area contributed by atoms with Crippen molar-refractivity contribution < 1.29 is 4.74 Å². The lowest BCUT2D eigenvalue weighted by Crippen LogP contribution is -1.90. The van der Waals surface area contributed by atoms with Crippen molar-refractivity contribution in [2.75, 3.05) is 7.11 Å². The van der Waals surface area contributed by atoms with Gasteiger partial charge >= 0.3 is 0 Å². The molecule has 15 heavy (non-hydrogen) atoms. The maximum atomic E-state index is 5.12. The van der Waals surface area contributed by atoms with Gasteiger partial charge in [-0.15, -0.1) is 0 Å². The van der Waals surface area contributed by atoms with E-state index in [1.165, 1.54) is 0 Å². The molecule has 0 aliphatic rings. The molecule has 4 nitrogen and oxygen atoms in total. The molecule has 2 rings (SSSR count). The Labute approximate surface area is 92.0 Å². The molecule has 1 N–H and O–H groups in total. The molecule has 0 atom stereocenters. The van der Waals surface area contributed by atoms with Gasteiger partial charge < -0.3 is 9.72 Å². The number of aromatic nitrogens is 3. The van der Waals surface area contributed by atoms with Gasteiger partial charge in [0.2, 0.25) is 5.88 Å². The molecule has 0 unspecified atom stereocenters. The van der Waals surface area contributed by atoms with Crippen molar-refractivity contribution in [1.82, 2.24) is 15.0 Å². The number of hydrogen-bond acceptors (Lipinski definition) is 4. The van der Waals surface area contributed by atoms with Gasteiger partial charge in [-0.3, -0.25) is 4.98 Å². The molecule has 0 radical (unpaired) electrons. The highest BCUT2D eigenvalue weighted by Gasteiger charge is 2.01. The van der Waals surface area contributed by atoms with Gasteiger partial charge in [0.05, 0.1) is 7.11 Å². The van der Waals surface area contributed by atoms with Crippen LogP contribution in [0.15, 0.2) is 30.7 Å². The average molecular weight is 219 g/mol. The molecule has 2 aromatic heterocycles. The van der Waals surface area contributed by atoms with Crippen molar-refractivity contribution >= 4 is 12.2 Å². The van der Waals surface area contributed by atoms with Crippen molar-refractivity contribution in [3.8, 4) is 17.1 Å². The van der Waals surface area contributed by atoms with Gasteiger partial charge in [0.25, 0.3) is 0 Å². The molecule has 0 fully saturated rings. The summed E-state index contributed by atoms with van der Waals surface area (Å²) in [4.78, 5) is 11.2. The van der Waals surface area contributed by atoms with Gasteiger partial charge in [-0.1, -0.05) is 12.2 Å². The number of H-pyrrole nitrogens is 1. The number of pyridine rings is 1. The van der Waals surface area contributed by atoms with Crippen LogP contribution in [0.2, 0.25) is 0 Å². The fraction of sp³-hybridized carbons (Fsp3) is 0.100. The summed E-state index contributed by atoms with van der Waals surface area (Å²) >= 11 is 5.12. The molecule has 0 saturated carbocycles. The maximum Gasteiger partial charge on any atom is 0.212 e.